The molecule has 0 amide bonds. The standard InChI is InChI=1S/C31H26F5NO4/c1-30(2)21(40-28(38)18-11-7-5-8-12-18)16-37(15-20-23(32)25(34)27(36)26(35)24(20)33)17-22(31(30,3)4)41-29(39)19-13-9-6-10-14-19/h5-14,16-17H,15H2,1-4H3. The molecule has 0 saturated heterocycles. The molecule has 3 aromatic carbocycles. The number of rotatable bonds is 6. The molecule has 5 nitrogen and oxygen atoms in total. The van der Waals surface area contributed by atoms with Gasteiger partial charge >= 0.3 is 11.9 Å². The van der Waals surface area contributed by atoms with Gasteiger partial charge in [-0.25, -0.2) is 31.5 Å². The molecule has 1 heterocycles. The first kappa shape index (κ1) is 29.5. The molecule has 214 valence electrons. The number of allylic oxidation sites excluding steroid dienone is 2. The van der Waals surface area contributed by atoms with Crippen LogP contribution in [-0.2, 0) is 16.0 Å². The van der Waals surface area contributed by atoms with Gasteiger partial charge < -0.3 is 14.4 Å². The zero-order chi connectivity index (χ0) is 30.1. The van der Waals surface area contributed by atoms with Gasteiger partial charge in [0.2, 0.25) is 5.82 Å². The predicted octanol–water partition coefficient (Wildman–Crippen LogP) is 7.65. The zero-order valence-electron chi connectivity index (χ0n) is 22.6. The van der Waals surface area contributed by atoms with Crippen LogP contribution in [-0.4, -0.2) is 16.8 Å². The maximum absolute atomic E-state index is 14.7. The highest BCUT2D eigenvalue weighted by Crippen LogP contribution is 2.52. The van der Waals surface area contributed by atoms with E-state index in [1.54, 1.807) is 64.1 Å². The molecule has 0 atom stereocenters. The summed E-state index contributed by atoms with van der Waals surface area (Å²) < 4.78 is 82.5. The fraction of sp³-hybridized carbons (Fsp3) is 0.226. The molecule has 41 heavy (non-hydrogen) atoms. The number of ether oxygens (including phenoxy) is 2. The summed E-state index contributed by atoms with van der Waals surface area (Å²) in [7, 11) is 0. The molecule has 0 N–H and O–H groups in total. The van der Waals surface area contributed by atoms with Crippen LogP contribution in [0.2, 0.25) is 0 Å². The number of carbonyl (C=O) groups is 2. The van der Waals surface area contributed by atoms with Gasteiger partial charge in [-0.3, -0.25) is 0 Å². The monoisotopic (exact) mass is 571 g/mol. The normalized spacial score (nSPS) is 15.9. The fourth-order valence-electron chi connectivity index (χ4n) is 4.11. The molecule has 0 bridgehead atoms. The van der Waals surface area contributed by atoms with Crippen molar-refractivity contribution in [3.63, 3.8) is 0 Å². The summed E-state index contributed by atoms with van der Waals surface area (Å²) >= 11 is 0. The van der Waals surface area contributed by atoms with E-state index in [9.17, 15) is 31.5 Å². The minimum atomic E-state index is -2.29. The van der Waals surface area contributed by atoms with Gasteiger partial charge in [0.25, 0.3) is 0 Å². The van der Waals surface area contributed by atoms with Crippen molar-refractivity contribution in [2.75, 3.05) is 0 Å². The van der Waals surface area contributed by atoms with Gasteiger partial charge in [-0.2, -0.15) is 0 Å². The Bertz CT molecular complexity index is 1440. The summed E-state index contributed by atoms with van der Waals surface area (Å²) in [4.78, 5) is 27.1. The number of hydrogen-bond acceptors (Lipinski definition) is 5. The summed E-state index contributed by atoms with van der Waals surface area (Å²) in [6, 6.07) is 16.0. The zero-order valence-corrected chi connectivity index (χ0v) is 22.6. The van der Waals surface area contributed by atoms with Gasteiger partial charge in [-0.1, -0.05) is 64.1 Å². The van der Waals surface area contributed by atoms with E-state index in [1.165, 1.54) is 36.7 Å². The molecule has 0 saturated carbocycles. The topological polar surface area (TPSA) is 55.8 Å². The van der Waals surface area contributed by atoms with Crippen molar-refractivity contribution in [1.82, 2.24) is 4.90 Å². The van der Waals surface area contributed by atoms with E-state index >= 15 is 0 Å². The molecule has 10 heteroatoms. The van der Waals surface area contributed by atoms with Crippen LogP contribution in [0.5, 0.6) is 0 Å². The Morgan fingerprint density at radius 1 is 0.610 bits per heavy atom. The molecule has 1 aliphatic heterocycles. The van der Waals surface area contributed by atoms with Crippen molar-refractivity contribution in [1.29, 1.82) is 0 Å². The number of benzene rings is 3. The van der Waals surface area contributed by atoms with Gasteiger partial charge in [0, 0.05) is 28.8 Å². The van der Waals surface area contributed by atoms with Gasteiger partial charge in [-0.05, 0) is 24.3 Å². The van der Waals surface area contributed by atoms with Crippen molar-refractivity contribution < 1.29 is 41.0 Å². The van der Waals surface area contributed by atoms with Crippen LogP contribution in [0, 0.1) is 39.9 Å². The number of nitrogens with zero attached hydrogens (tertiary/aromatic N) is 1. The van der Waals surface area contributed by atoms with Crippen LogP contribution in [0.25, 0.3) is 0 Å². The largest absolute Gasteiger partial charge is 0.425 e. The lowest BCUT2D eigenvalue weighted by Crippen LogP contribution is -2.38. The van der Waals surface area contributed by atoms with E-state index in [4.69, 9.17) is 9.47 Å². The van der Waals surface area contributed by atoms with Crippen LogP contribution in [0.15, 0.2) is 84.6 Å². The van der Waals surface area contributed by atoms with Crippen molar-refractivity contribution in [3.8, 4) is 0 Å². The van der Waals surface area contributed by atoms with Crippen molar-refractivity contribution >= 4 is 11.9 Å². The molecule has 0 fully saturated rings. The van der Waals surface area contributed by atoms with E-state index < -0.39 is 64.0 Å². The summed E-state index contributed by atoms with van der Waals surface area (Å²) in [5.74, 6) is -12.0. The third-order valence-corrected chi connectivity index (χ3v) is 7.43. The minimum absolute atomic E-state index is 0.0118. The van der Waals surface area contributed by atoms with E-state index in [1.807, 2.05) is 0 Å². The summed E-state index contributed by atoms with van der Waals surface area (Å²) in [5.41, 5.74) is -2.95. The average molecular weight is 572 g/mol. The molecular weight excluding hydrogens is 545 g/mol. The van der Waals surface area contributed by atoms with E-state index in [2.05, 4.69) is 0 Å². The number of esters is 2. The smallest absolute Gasteiger partial charge is 0.343 e. The lowest BCUT2D eigenvalue weighted by Gasteiger charge is -2.41. The molecule has 0 aromatic heterocycles. The minimum Gasteiger partial charge on any atom is -0.425 e. The molecule has 0 radical (unpaired) electrons. The average Bonchev–Trinajstić information content (AvgIpc) is 3.02. The first-order valence-corrected chi connectivity index (χ1v) is 12.5. The Kier molecular flexibility index (Phi) is 8.05. The van der Waals surface area contributed by atoms with E-state index in [0.717, 1.165) is 4.90 Å². The Labute approximate surface area is 233 Å². The Morgan fingerprint density at radius 3 is 1.32 bits per heavy atom. The summed E-state index contributed by atoms with van der Waals surface area (Å²) in [6.45, 7) is 5.91. The number of halogens is 5. The Morgan fingerprint density at radius 2 is 0.951 bits per heavy atom. The Balaban J connectivity index is 1.83. The highest BCUT2D eigenvalue weighted by atomic mass is 19.2. The van der Waals surface area contributed by atoms with Gasteiger partial charge in [0.1, 0.15) is 11.5 Å². The van der Waals surface area contributed by atoms with Crippen molar-refractivity contribution in [3.05, 3.63) is 130 Å². The van der Waals surface area contributed by atoms with Gasteiger partial charge in [-0.15, -0.1) is 0 Å². The van der Waals surface area contributed by atoms with E-state index in [0.29, 0.717) is 0 Å². The third kappa shape index (κ3) is 5.59. The second kappa shape index (κ2) is 11.2. The number of carbonyl (C=O) groups excluding carboxylic acids is 2. The van der Waals surface area contributed by atoms with Gasteiger partial charge in [0.15, 0.2) is 23.3 Å². The second-order valence-electron chi connectivity index (χ2n) is 10.5. The molecular formula is C31H26F5NO4. The molecule has 4 rings (SSSR count). The highest BCUT2D eigenvalue weighted by molar-refractivity contribution is 5.90. The first-order valence-electron chi connectivity index (χ1n) is 12.5. The predicted molar refractivity (Wildman–Crippen MR) is 139 cm³/mol. The SMILES string of the molecule is CC1(C)C(OC(=O)c2ccccc2)=CN(Cc2c(F)c(F)c(F)c(F)c2F)C=C(OC(=O)c2ccccc2)C1(C)C. The molecule has 3 aromatic rings. The van der Waals surface area contributed by atoms with Crippen LogP contribution < -0.4 is 0 Å². The second-order valence-corrected chi connectivity index (χ2v) is 10.5. The third-order valence-electron chi connectivity index (χ3n) is 7.43. The summed E-state index contributed by atoms with van der Waals surface area (Å²) in [5, 5.41) is 0. The van der Waals surface area contributed by atoms with E-state index in [-0.39, 0.29) is 22.6 Å². The first-order chi connectivity index (χ1) is 19.3. The maximum atomic E-state index is 14.7. The Hall–Kier alpha value is -4.47. The lowest BCUT2D eigenvalue weighted by molar-refractivity contribution is 0.0238. The lowest BCUT2D eigenvalue weighted by atomic mass is 9.66. The van der Waals surface area contributed by atoms with Crippen LogP contribution in [0.1, 0.15) is 54.0 Å². The van der Waals surface area contributed by atoms with Crippen LogP contribution in [0.4, 0.5) is 22.0 Å². The summed E-state index contributed by atoms with van der Waals surface area (Å²) in [6.07, 6.45) is 2.42. The fourth-order valence-corrected chi connectivity index (χ4v) is 4.11. The number of hydrogen-bond donors (Lipinski definition) is 0. The van der Waals surface area contributed by atoms with Gasteiger partial charge in [0.05, 0.1) is 17.7 Å². The molecule has 0 spiro atoms. The van der Waals surface area contributed by atoms with Crippen LogP contribution >= 0.6 is 0 Å². The quantitative estimate of drug-likeness (QED) is 0.132. The molecule has 1 aliphatic rings. The molecule has 0 aliphatic carbocycles. The van der Waals surface area contributed by atoms with Crippen molar-refractivity contribution in [2.45, 2.75) is 34.2 Å². The van der Waals surface area contributed by atoms with Crippen LogP contribution in [0.3, 0.4) is 0 Å². The molecule has 0 unspecified atom stereocenters. The maximum Gasteiger partial charge on any atom is 0.343 e. The highest BCUT2D eigenvalue weighted by Gasteiger charge is 2.48. The van der Waals surface area contributed by atoms with Crippen molar-refractivity contribution in [2.24, 2.45) is 10.8 Å².